The molecule has 84 valence electrons. The van der Waals surface area contributed by atoms with Crippen LogP contribution in [0.4, 0.5) is 0 Å². The van der Waals surface area contributed by atoms with Crippen LogP contribution in [0.5, 0.6) is 0 Å². The molecule has 0 radical (unpaired) electrons. The van der Waals surface area contributed by atoms with Crippen molar-refractivity contribution in [3.63, 3.8) is 0 Å². The minimum absolute atomic E-state index is 0.320. The Morgan fingerprint density at radius 2 is 2.06 bits per heavy atom. The summed E-state index contributed by atoms with van der Waals surface area (Å²) in [5.41, 5.74) is 1.23. The molecule has 0 spiro atoms. The molecule has 1 aromatic rings. The molecule has 0 aliphatic carbocycles. The van der Waals surface area contributed by atoms with Crippen molar-refractivity contribution in [3.05, 3.63) is 35.9 Å². The zero-order valence-corrected chi connectivity index (χ0v) is 9.23. The third-order valence-electron chi connectivity index (χ3n) is 3.66. The van der Waals surface area contributed by atoms with Gasteiger partial charge in [0.1, 0.15) is 0 Å². The minimum Gasteiger partial charge on any atom is -0.334 e. The van der Waals surface area contributed by atoms with Gasteiger partial charge in [-0.3, -0.25) is 4.79 Å². The van der Waals surface area contributed by atoms with Crippen LogP contribution >= 0.6 is 0 Å². The third kappa shape index (κ3) is 1.61. The van der Waals surface area contributed by atoms with E-state index in [0.29, 0.717) is 17.9 Å². The zero-order valence-electron chi connectivity index (χ0n) is 9.23. The molecule has 1 N–H and O–H groups in total. The van der Waals surface area contributed by atoms with Gasteiger partial charge in [-0.1, -0.05) is 30.3 Å². The lowest BCUT2D eigenvalue weighted by Gasteiger charge is -2.23. The van der Waals surface area contributed by atoms with Crippen molar-refractivity contribution in [2.24, 2.45) is 5.92 Å². The Morgan fingerprint density at radius 3 is 2.88 bits per heavy atom. The number of nitrogens with zero attached hydrogens (tertiary/aromatic N) is 1. The average Bonchev–Trinajstić information content (AvgIpc) is 2.84. The number of fused-ring (bicyclic) bond motifs is 1. The van der Waals surface area contributed by atoms with Crippen LogP contribution in [0.1, 0.15) is 12.0 Å². The Labute approximate surface area is 95.4 Å². The predicted octanol–water partition coefficient (Wildman–Crippen LogP) is 1.01. The van der Waals surface area contributed by atoms with Gasteiger partial charge in [-0.25, -0.2) is 0 Å². The minimum atomic E-state index is 0.320. The number of hydrogen-bond acceptors (Lipinski definition) is 2. The topological polar surface area (TPSA) is 32.3 Å². The molecule has 0 aromatic heterocycles. The molecule has 2 heterocycles. The van der Waals surface area contributed by atoms with Gasteiger partial charge in [0.2, 0.25) is 5.91 Å². The third-order valence-corrected chi connectivity index (χ3v) is 3.66. The largest absolute Gasteiger partial charge is 0.334 e. The van der Waals surface area contributed by atoms with Gasteiger partial charge in [0.15, 0.2) is 0 Å². The van der Waals surface area contributed by atoms with Crippen LogP contribution in [0.3, 0.4) is 0 Å². The summed E-state index contributed by atoms with van der Waals surface area (Å²) in [6.07, 6.45) is 0.727. The maximum absolute atomic E-state index is 11.9. The van der Waals surface area contributed by atoms with E-state index in [0.717, 1.165) is 26.1 Å². The van der Waals surface area contributed by atoms with Gasteiger partial charge >= 0.3 is 0 Å². The molecule has 2 aliphatic heterocycles. The van der Waals surface area contributed by atoms with Crippen molar-refractivity contribution in [1.82, 2.24) is 10.2 Å². The van der Waals surface area contributed by atoms with E-state index in [9.17, 15) is 4.79 Å². The number of rotatable bonds is 2. The van der Waals surface area contributed by atoms with E-state index in [4.69, 9.17) is 0 Å². The second-order valence-electron chi connectivity index (χ2n) is 4.70. The first-order valence-electron chi connectivity index (χ1n) is 5.89. The summed E-state index contributed by atoms with van der Waals surface area (Å²) in [6, 6.07) is 10.7. The lowest BCUT2D eigenvalue weighted by molar-refractivity contribution is -0.129. The number of amides is 1. The van der Waals surface area contributed by atoms with E-state index in [2.05, 4.69) is 17.4 Å². The van der Waals surface area contributed by atoms with Gasteiger partial charge in [0.25, 0.3) is 0 Å². The molecule has 16 heavy (non-hydrogen) atoms. The summed E-state index contributed by atoms with van der Waals surface area (Å²) >= 11 is 0. The molecule has 0 saturated carbocycles. The van der Waals surface area contributed by atoms with Gasteiger partial charge < -0.3 is 10.2 Å². The van der Waals surface area contributed by atoms with Crippen molar-refractivity contribution in [2.45, 2.75) is 19.0 Å². The molecular formula is C13H16N2O. The molecule has 1 amide bonds. The standard InChI is InChI=1S/C13H16N2O/c16-13-6-11-7-14-8-12(11)15(13)9-10-4-2-1-3-5-10/h1-5,11-12,14H,6-9H2/t11-,12-/m1/s1. The Morgan fingerprint density at radius 1 is 1.25 bits per heavy atom. The van der Waals surface area contributed by atoms with Crippen LogP contribution in [-0.2, 0) is 11.3 Å². The fraction of sp³-hybridized carbons (Fsp3) is 0.462. The van der Waals surface area contributed by atoms with Gasteiger partial charge in [0.05, 0.1) is 0 Å². The second kappa shape index (κ2) is 3.91. The Kier molecular flexibility index (Phi) is 2.40. The molecule has 2 fully saturated rings. The number of carbonyl (C=O) groups is 1. The van der Waals surface area contributed by atoms with Gasteiger partial charge in [-0.2, -0.15) is 0 Å². The Balaban J connectivity index is 1.77. The molecule has 3 rings (SSSR count). The molecule has 0 unspecified atom stereocenters. The first kappa shape index (κ1) is 9.85. The van der Waals surface area contributed by atoms with E-state index >= 15 is 0 Å². The van der Waals surface area contributed by atoms with Crippen molar-refractivity contribution >= 4 is 5.91 Å². The molecule has 1 aromatic carbocycles. The molecule has 2 aliphatic rings. The normalized spacial score (nSPS) is 28.5. The number of benzene rings is 1. The van der Waals surface area contributed by atoms with Crippen LogP contribution in [0.15, 0.2) is 30.3 Å². The summed E-state index contributed by atoms with van der Waals surface area (Å²) in [6.45, 7) is 2.73. The number of likely N-dealkylation sites (tertiary alicyclic amines) is 1. The average molecular weight is 216 g/mol. The van der Waals surface area contributed by atoms with E-state index < -0.39 is 0 Å². The van der Waals surface area contributed by atoms with Gasteiger partial charge in [0, 0.05) is 38.0 Å². The first-order valence-corrected chi connectivity index (χ1v) is 5.89. The highest BCUT2D eigenvalue weighted by molar-refractivity contribution is 5.79. The summed E-state index contributed by atoms with van der Waals surface area (Å²) in [4.78, 5) is 13.9. The highest BCUT2D eigenvalue weighted by Crippen LogP contribution is 2.29. The molecule has 2 saturated heterocycles. The lowest BCUT2D eigenvalue weighted by Crippen LogP contribution is -2.36. The van der Waals surface area contributed by atoms with E-state index in [1.165, 1.54) is 5.56 Å². The molecule has 3 nitrogen and oxygen atoms in total. The quantitative estimate of drug-likeness (QED) is 0.800. The fourth-order valence-electron chi connectivity index (χ4n) is 2.80. The SMILES string of the molecule is O=C1C[C@@H]2CNC[C@H]2N1Cc1ccccc1. The van der Waals surface area contributed by atoms with E-state index in [1.54, 1.807) is 0 Å². The highest BCUT2D eigenvalue weighted by Gasteiger charge is 2.42. The second-order valence-corrected chi connectivity index (χ2v) is 4.70. The summed E-state index contributed by atoms with van der Waals surface area (Å²) in [5.74, 6) is 0.858. The van der Waals surface area contributed by atoms with E-state index in [1.807, 2.05) is 23.1 Å². The van der Waals surface area contributed by atoms with Gasteiger partial charge in [-0.15, -0.1) is 0 Å². The van der Waals surface area contributed by atoms with Crippen LogP contribution in [0.25, 0.3) is 0 Å². The smallest absolute Gasteiger partial charge is 0.223 e. The van der Waals surface area contributed by atoms with Crippen LogP contribution < -0.4 is 5.32 Å². The van der Waals surface area contributed by atoms with Crippen molar-refractivity contribution in [1.29, 1.82) is 0 Å². The maximum Gasteiger partial charge on any atom is 0.223 e. The summed E-state index contributed by atoms with van der Waals surface area (Å²) in [5, 5.41) is 3.37. The molecule has 3 heteroatoms. The zero-order chi connectivity index (χ0) is 11.0. The summed E-state index contributed by atoms with van der Waals surface area (Å²) < 4.78 is 0. The summed E-state index contributed by atoms with van der Waals surface area (Å²) in [7, 11) is 0. The van der Waals surface area contributed by atoms with Crippen molar-refractivity contribution in [2.75, 3.05) is 13.1 Å². The van der Waals surface area contributed by atoms with Crippen LogP contribution in [0.2, 0.25) is 0 Å². The molecule has 0 bridgehead atoms. The van der Waals surface area contributed by atoms with E-state index in [-0.39, 0.29) is 0 Å². The molecular weight excluding hydrogens is 200 g/mol. The molecule has 2 atom stereocenters. The van der Waals surface area contributed by atoms with Gasteiger partial charge in [-0.05, 0) is 5.56 Å². The number of nitrogens with one attached hydrogen (secondary N) is 1. The van der Waals surface area contributed by atoms with Crippen molar-refractivity contribution in [3.8, 4) is 0 Å². The highest BCUT2D eigenvalue weighted by atomic mass is 16.2. The maximum atomic E-state index is 11.9. The van der Waals surface area contributed by atoms with Crippen LogP contribution in [-0.4, -0.2) is 29.9 Å². The predicted molar refractivity (Wildman–Crippen MR) is 61.8 cm³/mol. The Bertz CT molecular complexity index is 390. The number of hydrogen-bond donors (Lipinski definition) is 1. The number of carbonyl (C=O) groups excluding carboxylic acids is 1. The lowest BCUT2D eigenvalue weighted by atomic mass is 10.0. The van der Waals surface area contributed by atoms with Crippen molar-refractivity contribution < 1.29 is 4.79 Å². The van der Waals surface area contributed by atoms with Crippen LogP contribution in [0, 0.1) is 5.92 Å². The Hall–Kier alpha value is -1.35. The monoisotopic (exact) mass is 216 g/mol. The first-order chi connectivity index (χ1) is 7.84. The fourth-order valence-corrected chi connectivity index (χ4v) is 2.80.